The van der Waals surface area contributed by atoms with Gasteiger partial charge in [0.1, 0.15) is 0 Å². The van der Waals surface area contributed by atoms with E-state index in [0.717, 1.165) is 25.7 Å². The summed E-state index contributed by atoms with van der Waals surface area (Å²) in [5.41, 5.74) is -0.250. The molecule has 16 heavy (non-hydrogen) atoms. The van der Waals surface area contributed by atoms with Gasteiger partial charge in [0.2, 0.25) is 0 Å². The molecule has 1 rings (SSSR count). The van der Waals surface area contributed by atoms with Crippen molar-refractivity contribution in [2.45, 2.75) is 43.4 Å². The minimum Gasteiger partial charge on any atom is -0.354 e. The number of nitrogens with one attached hydrogen (secondary N) is 1. The lowest BCUT2D eigenvalue weighted by atomic mass is 9.73. The monoisotopic (exact) mass is 262 g/mol. The number of nitriles is 1. The number of nitrogens with zero attached hydrogens (tertiary/aromatic N) is 1. The van der Waals surface area contributed by atoms with Gasteiger partial charge in [0.15, 0.2) is 4.84 Å². The summed E-state index contributed by atoms with van der Waals surface area (Å²) in [6.07, 6.45) is 5.98. The minimum atomic E-state index is -1.02. The maximum absolute atomic E-state index is 11.1. The molecule has 0 spiro atoms. The normalized spacial score (nSPS) is 19.1. The van der Waals surface area contributed by atoms with Crippen LogP contribution in [0.3, 0.4) is 0 Å². The standard InChI is InChI=1S/C11H16Cl2N2O/c12-9(13)10(16)15-7-6-11(8-14)4-2-1-3-5-11/h9H,1-7H2,(H,15,16). The van der Waals surface area contributed by atoms with Gasteiger partial charge in [-0.3, -0.25) is 4.79 Å². The van der Waals surface area contributed by atoms with Crippen LogP contribution in [0.1, 0.15) is 38.5 Å². The third-order valence-electron chi connectivity index (χ3n) is 3.15. The molecule has 0 atom stereocenters. The molecule has 0 aromatic heterocycles. The number of halogens is 2. The first kappa shape index (κ1) is 13.6. The van der Waals surface area contributed by atoms with Gasteiger partial charge in [0, 0.05) is 6.54 Å². The molecule has 0 aromatic rings. The fourth-order valence-electron chi connectivity index (χ4n) is 2.15. The van der Waals surface area contributed by atoms with Crippen LogP contribution in [0.15, 0.2) is 0 Å². The van der Waals surface area contributed by atoms with Gasteiger partial charge < -0.3 is 5.32 Å². The molecule has 1 N–H and O–H groups in total. The van der Waals surface area contributed by atoms with Crippen LogP contribution in [-0.4, -0.2) is 17.3 Å². The predicted octanol–water partition coefficient (Wildman–Crippen LogP) is 2.77. The van der Waals surface area contributed by atoms with Crippen molar-refractivity contribution in [1.29, 1.82) is 5.26 Å². The molecule has 0 aromatic carbocycles. The molecule has 0 bridgehead atoms. The van der Waals surface area contributed by atoms with Gasteiger partial charge in [0.05, 0.1) is 11.5 Å². The van der Waals surface area contributed by atoms with Crippen LogP contribution >= 0.6 is 23.2 Å². The van der Waals surface area contributed by atoms with Gasteiger partial charge in [-0.1, -0.05) is 42.5 Å². The van der Waals surface area contributed by atoms with Crippen molar-refractivity contribution < 1.29 is 4.79 Å². The van der Waals surface area contributed by atoms with Gasteiger partial charge in [-0.2, -0.15) is 5.26 Å². The van der Waals surface area contributed by atoms with E-state index in [2.05, 4.69) is 11.4 Å². The van der Waals surface area contributed by atoms with E-state index in [1.165, 1.54) is 6.42 Å². The Morgan fingerprint density at radius 3 is 2.50 bits per heavy atom. The number of amides is 1. The molecule has 0 radical (unpaired) electrons. The Hall–Kier alpha value is -0.460. The second-order valence-corrected chi connectivity index (χ2v) is 5.39. The summed E-state index contributed by atoms with van der Waals surface area (Å²) in [6, 6.07) is 2.40. The van der Waals surface area contributed by atoms with E-state index >= 15 is 0 Å². The van der Waals surface area contributed by atoms with E-state index < -0.39 is 4.84 Å². The highest BCUT2D eigenvalue weighted by molar-refractivity contribution is 6.53. The van der Waals surface area contributed by atoms with Crippen LogP contribution in [0, 0.1) is 16.7 Å². The molecule has 1 fully saturated rings. The van der Waals surface area contributed by atoms with Gasteiger partial charge in [0.25, 0.3) is 5.91 Å². The van der Waals surface area contributed by atoms with E-state index in [-0.39, 0.29) is 11.3 Å². The lowest BCUT2D eigenvalue weighted by Crippen LogP contribution is -2.33. The molecule has 0 unspecified atom stereocenters. The van der Waals surface area contributed by atoms with Gasteiger partial charge in [-0.05, 0) is 19.3 Å². The summed E-state index contributed by atoms with van der Waals surface area (Å²) in [5.74, 6) is -0.382. The molecule has 1 saturated carbocycles. The Morgan fingerprint density at radius 1 is 1.38 bits per heavy atom. The van der Waals surface area contributed by atoms with E-state index in [9.17, 15) is 10.1 Å². The Morgan fingerprint density at radius 2 is 2.00 bits per heavy atom. The third kappa shape index (κ3) is 3.84. The number of carbonyl (C=O) groups is 1. The molecule has 3 nitrogen and oxygen atoms in total. The lowest BCUT2D eigenvalue weighted by Gasteiger charge is -2.30. The highest BCUT2D eigenvalue weighted by Crippen LogP contribution is 2.38. The van der Waals surface area contributed by atoms with Crippen LogP contribution in [0.25, 0.3) is 0 Å². The average Bonchev–Trinajstić information content (AvgIpc) is 2.30. The molecule has 0 aliphatic heterocycles. The quantitative estimate of drug-likeness (QED) is 0.793. The van der Waals surface area contributed by atoms with Crippen molar-refractivity contribution in [1.82, 2.24) is 5.32 Å². The zero-order valence-electron chi connectivity index (χ0n) is 9.14. The van der Waals surface area contributed by atoms with E-state index in [1.807, 2.05) is 0 Å². The summed E-state index contributed by atoms with van der Waals surface area (Å²) in [5, 5.41) is 11.8. The fraction of sp³-hybridized carbons (Fsp3) is 0.818. The molecule has 5 heteroatoms. The van der Waals surface area contributed by atoms with Crippen molar-refractivity contribution in [3.05, 3.63) is 0 Å². The first-order valence-corrected chi connectivity index (χ1v) is 6.44. The van der Waals surface area contributed by atoms with E-state index in [0.29, 0.717) is 13.0 Å². The third-order valence-corrected chi connectivity index (χ3v) is 3.55. The maximum Gasteiger partial charge on any atom is 0.253 e. The number of alkyl halides is 2. The predicted molar refractivity (Wildman–Crippen MR) is 64.3 cm³/mol. The SMILES string of the molecule is N#CC1(CCNC(=O)C(Cl)Cl)CCCCC1. The van der Waals surface area contributed by atoms with E-state index in [1.54, 1.807) is 0 Å². The summed E-state index contributed by atoms with van der Waals surface area (Å²) >= 11 is 10.8. The second-order valence-electron chi connectivity index (χ2n) is 4.29. The largest absolute Gasteiger partial charge is 0.354 e. The molecule has 90 valence electrons. The van der Waals surface area contributed by atoms with E-state index in [4.69, 9.17) is 23.2 Å². The highest BCUT2D eigenvalue weighted by atomic mass is 35.5. The Bertz CT molecular complexity index is 280. The van der Waals surface area contributed by atoms with Crippen LogP contribution in [-0.2, 0) is 4.79 Å². The molecule has 1 aliphatic rings. The number of hydrogen-bond acceptors (Lipinski definition) is 2. The topological polar surface area (TPSA) is 52.9 Å². The van der Waals surface area contributed by atoms with Gasteiger partial charge in [-0.25, -0.2) is 0 Å². The maximum atomic E-state index is 11.1. The molecule has 1 amide bonds. The zero-order chi connectivity index (χ0) is 12.0. The highest BCUT2D eigenvalue weighted by Gasteiger charge is 2.31. The van der Waals surface area contributed by atoms with Crippen LogP contribution in [0.2, 0.25) is 0 Å². The Balaban J connectivity index is 2.35. The summed E-state index contributed by atoms with van der Waals surface area (Å²) in [7, 11) is 0. The smallest absolute Gasteiger partial charge is 0.253 e. The van der Waals surface area contributed by atoms with Crippen LogP contribution in [0.5, 0.6) is 0 Å². The lowest BCUT2D eigenvalue weighted by molar-refractivity contribution is -0.119. The minimum absolute atomic E-state index is 0.250. The van der Waals surface area contributed by atoms with Gasteiger partial charge >= 0.3 is 0 Å². The van der Waals surface area contributed by atoms with Crippen LogP contribution in [0.4, 0.5) is 0 Å². The van der Waals surface area contributed by atoms with Gasteiger partial charge in [-0.15, -0.1) is 0 Å². The second kappa shape index (κ2) is 6.32. The summed E-state index contributed by atoms with van der Waals surface area (Å²) in [4.78, 5) is 10.1. The van der Waals surface area contributed by atoms with Crippen molar-refractivity contribution in [2.24, 2.45) is 5.41 Å². The van der Waals surface area contributed by atoms with Crippen molar-refractivity contribution in [3.8, 4) is 6.07 Å². The number of carbonyl (C=O) groups excluding carboxylic acids is 1. The fourth-order valence-corrected chi connectivity index (χ4v) is 2.30. The van der Waals surface area contributed by atoms with Crippen molar-refractivity contribution >= 4 is 29.1 Å². The summed E-state index contributed by atoms with van der Waals surface area (Å²) < 4.78 is 0. The molecular formula is C11H16Cl2N2O. The average molecular weight is 263 g/mol. The molecule has 0 saturated heterocycles. The molecule has 1 aliphatic carbocycles. The Kier molecular flexibility index (Phi) is 5.37. The van der Waals surface area contributed by atoms with Crippen molar-refractivity contribution in [3.63, 3.8) is 0 Å². The number of hydrogen-bond donors (Lipinski definition) is 1. The molecule has 0 heterocycles. The molecular weight excluding hydrogens is 247 g/mol. The van der Waals surface area contributed by atoms with Crippen molar-refractivity contribution in [2.75, 3.05) is 6.54 Å². The van der Waals surface area contributed by atoms with Crippen LogP contribution < -0.4 is 5.32 Å². The number of rotatable bonds is 4. The summed E-state index contributed by atoms with van der Waals surface area (Å²) in [6.45, 7) is 0.475. The Labute approximate surface area is 106 Å². The first-order chi connectivity index (χ1) is 7.59. The first-order valence-electron chi connectivity index (χ1n) is 5.57. The zero-order valence-corrected chi connectivity index (χ0v) is 10.7.